The lowest BCUT2D eigenvalue weighted by Crippen LogP contribution is -2.25. The number of aliphatic carboxylic acids is 1. The molecule has 1 aromatic rings. The van der Waals surface area contributed by atoms with E-state index in [4.69, 9.17) is 15.1 Å². The van der Waals surface area contributed by atoms with Crippen LogP contribution in [-0.4, -0.2) is 42.2 Å². The summed E-state index contributed by atoms with van der Waals surface area (Å²) >= 11 is 0. The maximum atomic E-state index is 10.9. The second kappa shape index (κ2) is 7.46. The molecule has 2 rings (SSSR count). The van der Waals surface area contributed by atoms with Crippen LogP contribution in [0.15, 0.2) is 29.8 Å². The third kappa shape index (κ3) is 4.33. The van der Waals surface area contributed by atoms with Crippen LogP contribution in [0.25, 0.3) is 6.08 Å². The number of nitrogens with zero attached hydrogens (tertiary/aromatic N) is 2. The fraction of sp³-hybridized carbons (Fsp3) is 0.375. The molecule has 1 aliphatic rings. The van der Waals surface area contributed by atoms with Gasteiger partial charge in [-0.1, -0.05) is 18.2 Å². The molecule has 21 heavy (non-hydrogen) atoms. The summed E-state index contributed by atoms with van der Waals surface area (Å²) in [6.45, 7) is 3.65. The molecule has 0 bridgehead atoms. The predicted octanol–water partition coefficient (Wildman–Crippen LogP) is 2.15. The Morgan fingerprint density at radius 2 is 2.10 bits per heavy atom. The number of carboxylic acids is 1. The highest BCUT2D eigenvalue weighted by molar-refractivity contribution is 5.96. The van der Waals surface area contributed by atoms with E-state index in [1.54, 1.807) is 24.3 Å². The van der Waals surface area contributed by atoms with Gasteiger partial charge in [-0.2, -0.15) is 5.26 Å². The molecule has 1 saturated heterocycles. The zero-order valence-corrected chi connectivity index (χ0v) is 11.8. The summed E-state index contributed by atoms with van der Waals surface area (Å²) in [4.78, 5) is 13.2. The highest BCUT2D eigenvalue weighted by atomic mass is 16.5. The first-order valence-corrected chi connectivity index (χ1v) is 7.00. The third-order valence-corrected chi connectivity index (χ3v) is 3.43. The van der Waals surface area contributed by atoms with Crippen LogP contribution in [-0.2, 0) is 4.79 Å². The summed E-state index contributed by atoms with van der Waals surface area (Å²) in [5.74, 6) is -0.630. The highest BCUT2D eigenvalue weighted by Crippen LogP contribution is 2.21. The standard InChI is InChI=1S/C16H18N2O3/c17-12-14(16(19)20)11-13-5-1-2-6-15(13)21-10-9-18-7-3-4-8-18/h1-2,5-6,11H,3-4,7-10H2,(H,19,20). The topological polar surface area (TPSA) is 73.6 Å². The van der Waals surface area contributed by atoms with Crippen molar-refractivity contribution in [2.24, 2.45) is 0 Å². The van der Waals surface area contributed by atoms with Crippen molar-refractivity contribution in [3.8, 4) is 11.8 Å². The van der Waals surface area contributed by atoms with E-state index < -0.39 is 5.97 Å². The van der Waals surface area contributed by atoms with E-state index in [0.29, 0.717) is 17.9 Å². The second-order valence-corrected chi connectivity index (χ2v) is 4.91. The van der Waals surface area contributed by atoms with Crippen molar-refractivity contribution in [1.82, 2.24) is 4.90 Å². The molecule has 5 heteroatoms. The fourth-order valence-corrected chi connectivity index (χ4v) is 2.32. The van der Waals surface area contributed by atoms with Gasteiger partial charge in [0.2, 0.25) is 0 Å². The molecule has 0 aromatic heterocycles. The van der Waals surface area contributed by atoms with E-state index in [9.17, 15) is 4.79 Å². The van der Waals surface area contributed by atoms with Gasteiger partial charge in [-0.05, 0) is 38.1 Å². The minimum Gasteiger partial charge on any atom is -0.492 e. The van der Waals surface area contributed by atoms with Gasteiger partial charge in [0, 0.05) is 12.1 Å². The van der Waals surface area contributed by atoms with Crippen LogP contribution >= 0.6 is 0 Å². The first kappa shape index (κ1) is 15.1. The maximum Gasteiger partial charge on any atom is 0.346 e. The van der Waals surface area contributed by atoms with Crippen molar-refractivity contribution < 1.29 is 14.6 Å². The van der Waals surface area contributed by atoms with Gasteiger partial charge in [-0.15, -0.1) is 0 Å². The molecule has 1 aliphatic heterocycles. The molecule has 0 amide bonds. The van der Waals surface area contributed by atoms with Crippen molar-refractivity contribution in [2.45, 2.75) is 12.8 Å². The number of ether oxygens (including phenoxy) is 1. The van der Waals surface area contributed by atoms with Gasteiger partial charge < -0.3 is 9.84 Å². The van der Waals surface area contributed by atoms with Crippen molar-refractivity contribution in [1.29, 1.82) is 5.26 Å². The Kier molecular flexibility index (Phi) is 5.35. The molecule has 1 fully saturated rings. The molecule has 110 valence electrons. The average molecular weight is 286 g/mol. The monoisotopic (exact) mass is 286 g/mol. The SMILES string of the molecule is N#CC(=Cc1ccccc1OCCN1CCCC1)C(=O)O. The number of para-hydroxylation sites is 1. The first-order chi connectivity index (χ1) is 10.2. The lowest BCUT2D eigenvalue weighted by atomic mass is 10.1. The summed E-state index contributed by atoms with van der Waals surface area (Å²) in [5.41, 5.74) is 0.309. The number of carboxylic acid groups (broad SMARTS) is 1. The number of nitriles is 1. The summed E-state index contributed by atoms with van der Waals surface area (Å²) in [5, 5.41) is 17.7. The molecule has 0 spiro atoms. The summed E-state index contributed by atoms with van der Waals surface area (Å²) in [7, 11) is 0. The van der Waals surface area contributed by atoms with Crippen molar-refractivity contribution in [3.05, 3.63) is 35.4 Å². The van der Waals surface area contributed by atoms with Crippen molar-refractivity contribution in [3.63, 3.8) is 0 Å². The molecule has 0 saturated carbocycles. The average Bonchev–Trinajstić information content (AvgIpc) is 2.99. The smallest absolute Gasteiger partial charge is 0.346 e. The van der Waals surface area contributed by atoms with Gasteiger partial charge in [-0.3, -0.25) is 4.90 Å². The predicted molar refractivity (Wildman–Crippen MR) is 78.8 cm³/mol. The Hall–Kier alpha value is -2.32. The van der Waals surface area contributed by atoms with Gasteiger partial charge in [0.05, 0.1) is 0 Å². The number of carbonyl (C=O) groups is 1. The Bertz CT molecular complexity index is 569. The Morgan fingerprint density at radius 1 is 1.38 bits per heavy atom. The van der Waals surface area contributed by atoms with Crippen LogP contribution in [0, 0.1) is 11.3 Å². The molecule has 0 radical (unpaired) electrons. The van der Waals surface area contributed by atoms with Gasteiger partial charge in [0.1, 0.15) is 24.0 Å². The largest absolute Gasteiger partial charge is 0.492 e. The van der Waals surface area contributed by atoms with Crippen molar-refractivity contribution in [2.75, 3.05) is 26.2 Å². The van der Waals surface area contributed by atoms with Gasteiger partial charge in [-0.25, -0.2) is 4.79 Å². The molecule has 1 heterocycles. The van der Waals surface area contributed by atoms with E-state index in [-0.39, 0.29) is 5.57 Å². The van der Waals surface area contributed by atoms with Crippen LogP contribution in [0.3, 0.4) is 0 Å². The van der Waals surface area contributed by atoms with Gasteiger partial charge in [0.15, 0.2) is 0 Å². The summed E-state index contributed by atoms with van der Waals surface area (Å²) in [6, 6.07) is 8.82. The number of benzene rings is 1. The van der Waals surface area contributed by atoms with Crippen molar-refractivity contribution >= 4 is 12.0 Å². The lowest BCUT2D eigenvalue weighted by Gasteiger charge is -2.15. The second-order valence-electron chi connectivity index (χ2n) is 4.91. The number of hydrogen-bond donors (Lipinski definition) is 1. The molecule has 5 nitrogen and oxygen atoms in total. The third-order valence-electron chi connectivity index (χ3n) is 3.43. The molecule has 0 atom stereocenters. The Labute approximate surface area is 124 Å². The molecule has 0 unspecified atom stereocenters. The number of rotatable bonds is 6. The van der Waals surface area contributed by atoms with E-state index in [0.717, 1.165) is 19.6 Å². The van der Waals surface area contributed by atoms with Gasteiger partial charge in [0.25, 0.3) is 0 Å². The van der Waals surface area contributed by atoms with E-state index >= 15 is 0 Å². The van der Waals surface area contributed by atoms with Gasteiger partial charge >= 0.3 is 5.97 Å². The zero-order valence-electron chi connectivity index (χ0n) is 11.8. The Balaban J connectivity index is 2.02. The van der Waals surface area contributed by atoms with Crippen LogP contribution in [0.5, 0.6) is 5.75 Å². The van der Waals surface area contributed by atoms with Crippen LogP contribution in [0.2, 0.25) is 0 Å². The first-order valence-electron chi connectivity index (χ1n) is 7.00. The zero-order chi connectivity index (χ0) is 15.1. The van der Waals surface area contributed by atoms with E-state index in [2.05, 4.69) is 4.90 Å². The summed E-state index contributed by atoms with van der Waals surface area (Å²) < 4.78 is 5.74. The molecule has 0 aliphatic carbocycles. The lowest BCUT2D eigenvalue weighted by molar-refractivity contribution is -0.132. The summed E-state index contributed by atoms with van der Waals surface area (Å²) in [6.07, 6.45) is 3.82. The van der Waals surface area contributed by atoms with E-state index in [1.807, 2.05) is 6.07 Å². The maximum absolute atomic E-state index is 10.9. The minimum atomic E-state index is -1.23. The highest BCUT2D eigenvalue weighted by Gasteiger charge is 2.12. The minimum absolute atomic E-state index is 0.300. The molecule has 1 N–H and O–H groups in total. The normalized spacial score (nSPS) is 15.7. The number of likely N-dealkylation sites (tertiary alicyclic amines) is 1. The molecular weight excluding hydrogens is 268 g/mol. The van der Waals surface area contributed by atoms with Crippen LogP contribution < -0.4 is 4.74 Å². The quantitative estimate of drug-likeness (QED) is 0.640. The van der Waals surface area contributed by atoms with Crippen LogP contribution in [0.4, 0.5) is 0 Å². The number of hydrogen-bond acceptors (Lipinski definition) is 4. The fourth-order valence-electron chi connectivity index (χ4n) is 2.32. The molecular formula is C16H18N2O3. The Morgan fingerprint density at radius 3 is 2.76 bits per heavy atom. The molecule has 1 aromatic carbocycles. The van der Waals surface area contributed by atoms with Crippen LogP contribution in [0.1, 0.15) is 18.4 Å². The van der Waals surface area contributed by atoms with E-state index in [1.165, 1.54) is 18.9 Å².